The van der Waals surface area contributed by atoms with E-state index in [-0.39, 0.29) is 5.69 Å². The van der Waals surface area contributed by atoms with Crippen molar-refractivity contribution in [2.24, 2.45) is 17.4 Å². The third kappa shape index (κ3) is 3.01. The van der Waals surface area contributed by atoms with Crippen molar-refractivity contribution in [1.82, 2.24) is 10.2 Å². The van der Waals surface area contributed by atoms with Gasteiger partial charge in [0.05, 0.1) is 0 Å². The molecule has 0 spiro atoms. The van der Waals surface area contributed by atoms with E-state index < -0.39 is 5.91 Å². The molecule has 1 saturated carbocycles. The molecule has 19 heavy (non-hydrogen) atoms. The number of amides is 1. The molecule has 0 saturated heterocycles. The van der Waals surface area contributed by atoms with Gasteiger partial charge in [0.2, 0.25) is 0 Å². The van der Waals surface area contributed by atoms with E-state index in [9.17, 15) is 4.79 Å². The summed E-state index contributed by atoms with van der Waals surface area (Å²) in [4.78, 5) is 13.1. The first-order valence-corrected chi connectivity index (χ1v) is 6.70. The first-order valence-electron chi connectivity index (χ1n) is 6.70. The highest BCUT2D eigenvalue weighted by Gasteiger charge is 2.28. The average molecular weight is 263 g/mol. The van der Waals surface area contributed by atoms with E-state index >= 15 is 0 Å². The number of hydrogen-bond acceptors (Lipinski definition) is 5. The normalized spacial score (nSPS) is 23.1. The molecule has 2 unspecified atom stereocenters. The first-order chi connectivity index (χ1) is 9.13. The van der Waals surface area contributed by atoms with E-state index in [4.69, 9.17) is 11.5 Å². The van der Waals surface area contributed by atoms with Crippen molar-refractivity contribution in [3.8, 4) is 0 Å². The lowest BCUT2D eigenvalue weighted by molar-refractivity contribution is 0.0994. The quantitative estimate of drug-likeness (QED) is 0.825. The molecular weight excluding hydrogens is 242 g/mol. The SMILES string of the molecule is CN(c1ccc(C(N)=O)nn1)C1CCCCC1CN. The highest BCUT2D eigenvalue weighted by molar-refractivity contribution is 5.90. The number of carbonyl (C=O) groups excluding carboxylic acids is 1. The number of rotatable bonds is 4. The molecule has 1 aliphatic carbocycles. The van der Waals surface area contributed by atoms with Crippen LogP contribution in [0.1, 0.15) is 36.2 Å². The lowest BCUT2D eigenvalue weighted by Crippen LogP contribution is -2.43. The molecule has 2 atom stereocenters. The second-order valence-corrected chi connectivity index (χ2v) is 5.10. The molecule has 1 amide bonds. The Bertz CT molecular complexity index is 433. The molecular formula is C13H21N5O. The fraction of sp³-hybridized carbons (Fsp3) is 0.615. The van der Waals surface area contributed by atoms with Crippen LogP contribution in [0, 0.1) is 5.92 Å². The molecule has 0 radical (unpaired) electrons. The van der Waals surface area contributed by atoms with Gasteiger partial charge in [0.25, 0.3) is 5.91 Å². The maximum absolute atomic E-state index is 11.0. The Morgan fingerprint density at radius 1 is 1.37 bits per heavy atom. The van der Waals surface area contributed by atoms with Crippen molar-refractivity contribution < 1.29 is 4.79 Å². The number of anilines is 1. The predicted molar refractivity (Wildman–Crippen MR) is 73.8 cm³/mol. The monoisotopic (exact) mass is 263 g/mol. The fourth-order valence-corrected chi connectivity index (χ4v) is 2.79. The van der Waals surface area contributed by atoms with Gasteiger partial charge >= 0.3 is 0 Å². The summed E-state index contributed by atoms with van der Waals surface area (Å²) >= 11 is 0. The standard InChI is InChI=1S/C13H21N5O/c1-18(11-5-3-2-4-9(11)8-14)12-7-6-10(13(15)19)16-17-12/h6-7,9,11H,2-5,8,14H2,1H3,(H2,15,19). The topological polar surface area (TPSA) is 98.1 Å². The van der Waals surface area contributed by atoms with Crippen molar-refractivity contribution in [3.63, 3.8) is 0 Å². The molecule has 6 heteroatoms. The zero-order valence-electron chi connectivity index (χ0n) is 11.2. The second-order valence-electron chi connectivity index (χ2n) is 5.10. The van der Waals surface area contributed by atoms with Gasteiger partial charge in [0, 0.05) is 13.1 Å². The zero-order valence-corrected chi connectivity index (χ0v) is 11.2. The number of carbonyl (C=O) groups is 1. The van der Waals surface area contributed by atoms with E-state index in [0.29, 0.717) is 18.5 Å². The first kappa shape index (κ1) is 13.7. The molecule has 1 aromatic rings. The van der Waals surface area contributed by atoms with Gasteiger partial charge in [-0.2, -0.15) is 0 Å². The van der Waals surface area contributed by atoms with E-state index in [1.54, 1.807) is 12.1 Å². The maximum atomic E-state index is 11.0. The van der Waals surface area contributed by atoms with Crippen LogP contribution in [0.2, 0.25) is 0 Å². The molecule has 1 aromatic heterocycles. The summed E-state index contributed by atoms with van der Waals surface area (Å²) in [5.41, 5.74) is 11.2. The third-order valence-electron chi connectivity index (χ3n) is 3.93. The van der Waals surface area contributed by atoms with Gasteiger partial charge in [-0.15, -0.1) is 10.2 Å². The number of hydrogen-bond donors (Lipinski definition) is 2. The van der Waals surface area contributed by atoms with Crippen LogP contribution in [0.4, 0.5) is 5.82 Å². The van der Waals surface area contributed by atoms with E-state index in [1.807, 2.05) is 7.05 Å². The Kier molecular flexibility index (Phi) is 4.31. The van der Waals surface area contributed by atoms with Gasteiger partial charge in [-0.1, -0.05) is 12.8 Å². The summed E-state index contributed by atoms with van der Waals surface area (Å²) in [7, 11) is 2.01. The zero-order chi connectivity index (χ0) is 13.8. The van der Waals surface area contributed by atoms with Crippen molar-refractivity contribution in [3.05, 3.63) is 17.8 Å². The Morgan fingerprint density at radius 2 is 2.11 bits per heavy atom. The van der Waals surface area contributed by atoms with Crippen molar-refractivity contribution in [1.29, 1.82) is 0 Å². The molecule has 4 N–H and O–H groups in total. The Labute approximate surface area is 113 Å². The Hall–Kier alpha value is -1.69. The summed E-state index contributed by atoms with van der Waals surface area (Å²) in [6.45, 7) is 0.696. The van der Waals surface area contributed by atoms with Crippen LogP contribution >= 0.6 is 0 Å². The molecule has 104 valence electrons. The second kappa shape index (κ2) is 5.97. The lowest BCUT2D eigenvalue weighted by Gasteiger charge is -2.37. The molecule has 6 nitrogen and oxygen atoms in total. The third-order valence-corrected chi connectivity index (χ3v) is 3.93. The largest absolute Gasteiger partial charge is 0.364 e. The van der Waals surface area contributed by atoms with Crippen molar-refractivity contribution in [2.75, 3.05) is 18.5 Å². The van der Waals surface area contributed by atoms with Crippen LogP contribution in [0.15, 0.2) is 12.1 Å². The molecule has 2 rings (SSSR count). The van der Waals surface area contributed by atoms with Gasteiger partial charge in [-0.25, -0.2) is 0 Å². The minimum atomic E-state index is -0.556. The molecule has 0 aromatic carbocycles. The van der Waals surface area contributed by atoms with Gasteiger partial charge in [0.1, 0.15) is 0 Å². The molecule has 1 heterocycles. The minimum absolute atomic E-state index is 0.191. The van der Waals surface area contributed by atoms with Crippen LogP contribution in [-0.2, 0) is 0 Å². The van der Waals surface area contributed by atoms with Crippen molar-refractivity contribution in [2.45, 2.75) is 31.7 Å². The molecule has 1 aliphatic rings. The van der Waals surface area contributed by atoms with Crippen LogP contribution in [0.3, 0.4) is 0 Å². The summed E-state index contributed by atoms with van der Waals surface area (Å²) in [6, 6.07) is 3.80. The van der Waals surface area contributed by atoms with E-state index in [1.165, 1.54) is 12.8 Å². The smallest absolute Gasteiger partial charge is 0.269 e. The Balaban J connectivity index is 2.13. The summed E-state index contributed by atoms with van der Waals surface area (Å²) in [6.07, 6.45) is 4.76. The van der Waals surface area contributed by atoms with Crippen LogP contribution in [0.5, 0.6) is 0 Å². The van der Waals surface area contributed by atoms with E-state index in [2.05, 4.69) is 15.1 Å². The van der Waals surface area contributed by atoms with Crippen LogP contribution in [0.25, 0.3) is 0 Å². The van der Waals surface area contributed by atoms with E-state index in [0.717, 1.165) is 18.7 Å². The van der Waals surface area contributed by atoms with Crippen molar-refractivity contribution >= 4 is 11.7 Å². The predicted octanol–water partition coefficient (Wildman–Crippen LogP) is 0.529. The molecule has 0 bridgehead atoms. The summed E-state index contributed by atoms with van der Waals surface area (Å²) in [5.74, 6) is 0.700. The Morgan fingerprint density at radius 3 is 2.68 bits per heavy atom. The van der Waals surface area contributed by atoms with Crippen LogP contribution < -0.4 is 16.4 Å². The highest BCUT2D eigenvalue weighted by Crippen LogP contribution is 2.29. The summed E-state index contributed by atoms with van der Waals surface area (Å²) in [5, 5.41) is 7.93. The lowest BCUT2D eigenvalue weighted by atomic mass is 9.84. The minimum Gasteiger partial charge on any atom is -0.364 e. The van der Waals surface area contributed by atoms with Crippen LogP contribution in [-0.4, -0.2) is 35.7 Å². The average Bonchev–Trinajstić information content (AvgIpc) is 2.46. The number of nitrogens with two attached hydrogens (primary N) is 2. The molecule has 0 aliphatic heterocycles. The van der Waals surface area contributed by atoms with Gasteiger partial charge < -0.3 is 16.4 Å². The highest BCUT2D eigenvalue weighted by atomic mass is 16.1. The number of aromatic nitrogens is 2. The number of nitrogens with zero attached hydrogens (tertiary/aromatic N) is 3. The van der Waals surface area contributed by atoms with Gasteiger partial charge in [0.15, 0.2) is 11.5 Å². The maximum Gasteiger partial charge on any atom is 0.269 e. The van der Waals surface area contributed by atoms with Gasteiger partial charge in [-0.3, -0.25) is 4.79 Å². The fourth-order valence-electron chi connectivity index (χ4n) is 2.79. The summed E-state index contributed by atoms with van der Waals surface area (Å²) < 4.78 is 0. The molecule has 1 fully saturated rings. The van der Waals surface area contributed by atoms with Gasteiger partial charge in [-0.05, 0) is 37.4 Å². The number of primary amides is 1.